The maximum Gasteiger partial charge on any atom is 0.322 e. The van der Waals surface area contributed by atoms with Gasteiger partial charge in [-0.15, -0.1) is 0 Å². The van der Waals surface area contributed by atoms with Crippen molar-refractivity contribution in [1.29, 1.82) is 0 Å². The Balaban J connectivity index is 3.03. The third-order valence-corrected chi connectivity index (χ3v) is 4.33. The van der Waals surface area contributed by atoms with Crippen molar-refractivity contribution in [3.63, 3.8) is 0 Å². The molecule has 1 amide bonds. The van der Waals surface area contributed by atoms with Gasteiger partial charge in [-0.3, -0.25) is 9.59 Å². The molecule has 0 aliphatic rings. The third kappa shape index (κ3) is 4.27. The third-order valence-electron chi connectivity index (χ3n) is 2.87. The van der Waals surface area contributed by atoms with E-state index < -0.39 is 28.0 Å². The molecule has 8 heteroatoms. The van der Waals surface area contributed by atoms with Gasteiger partial charge in [0.25, 0.3) is 5.91 Å². The molecule has 0 aliphatic heterocycles. The lowest BCUT2D eigenvalue weighted by Crippen LogP contribution is -2.44. The minimum absolute atomic E-state index is 0.0953. The van der Waals surface area contributed by atoms with Crippen LogP contribution in [0.1, 0.15) is 24.2 Å². The predicted molar refractivity (Wildman–Crippen MR) is 76.4 cm³/mol. The summed E-state index contributed by atoms with van der Waals surface area (Å²) < 4.78 is 26.4. The lowest BCUT2D eigenvalue weighted by Gasteiger charge is -2.18. The molecule has 0 saturated heterocycles. The van der Waals surface area contributed by atoms with Crippen LogP contribution in [0.3, 0.4) is 0 Å². The molecule has 1 atom stereocenters. The molecule has 0 bridgehead atoms. The lowest BCUT2D eigenvalue weighted by molar-refractivity contribution is -0.140. The number of aliphatic carboxylic acids is 1. The van der Waals surface area contributed by atoms with E-state index in [4.69, 9.17) is 5.11 Å². The van der Waals surface area contributed by atoms with Crippen molar-refractivity contribution < 1.29 is 23.1 Å². The zero-order chi connectivity index (χ0) is 16.2. The fraction of sp³-hybridized carbons (Fsp3) is 0.385. The Morgan fingerprint density at radius 1 is 1.14 bits per heavy atom. The van der Waals surface area contributed by atoms with E-state index >= 15 is 0 Å². The van der Waals surface area contributed by atoms with E-state index in [1.807, 2.05) is 0 Å². The molecule has 0 spiro atoms. The number of carbonyl (C=O) groups is 2. The average Bonchev–Trinajstić information content (AvgIpc) is 2.43. The van der Waals surface area contributed by atoms with E-state index in [1.165, 1.54) is 31.3 Å². The average molecular weight is 314 g/mol. The maximum atomic E-state index is 12.1. The second kappa shape index (κ2) is 6.68. The van der Waals surface area contributed by atoms with Gasteiger partial charge in [-0.2, -0.15) is 4.72 Å². The predicted octanol–water partition coefficient (Wildman–Crippen LogP) is 0.434. The minimum atomic E-state index is -3.96. The highest BCUT2D eigenvalue weighted by Gasteiger charge is 2.27. The number of amides is 1. The number of nitrogens with one attached hydrogen (secondary N) is 2. The van der Waals surface area contributed by atoms with Gasteiger partial charge in [-0.1, -0.05) is 13.8 Å². The Labute approximate surface area is 123 Å². The zero-order valence-corrected chi connectivity index (χ0v) is 12.8. The molecule has 0 unspecified atom stereocenters. The van der Waals surface area contributed by atoms with Crippen LogP contribution in [0.4, 0.5) is 0 Å². The van der Waals surface area contributed by atoms with Gasteiger partial charge in [0.1, 0.15) is 6.04 Å². The van der Waals surface area contributed by atoms with Crippen LogP contribution in [0.5, 0.6) is 0 Å². The molecular weight excluding hydrogens is 296 g/mol. The van der Waals surface area contributed by atoms with E-state index in [9.17, 15) is 18.0 Å². The fourth-order valence-electron chi connectivity index (χ4n) is 1.64. The molecule has 0 saturated carbocycles. The highest BCUT2D eigenvalue weighted by Crippen LogP contribution is 2.13. The number of hydrogen-bond acceptors (Lipinski definition) is 4. The van der Waals surface area contributed by atoms with Crippen LogP contribution >= 0.6 is 0 Å². The van der Waals surface area contributed by atoms with Gasteiger partial charge in [0.15, 0.2) is 0 Å². The number of rotatable bonds is 6. The fourth-order valence-corrected chi connectivity index (χ4v) is 2.97. The second-order valence-corrected chi connectivity index (χ2v) is 6.50. The summed E-state index contributed by atoms with van der Waals surface area (Å²) in [5.41, 5.74) is 0.315. The van der Waals surface area contributed by atoms with Crippen LogP contribution in [0.25, 0.3) is 0 Å². The van der Waals surface area contributed by atoms with Crippen LogP contribution in [0.2, 0.25) is 0 Å². The van der Waals surface area contributed by atoms with Gasteiger partial charge in [0.05, 0.1) is 4.90 Å². The van der Waals surface area contributed by atoms with Crippen LogP contribution in [0, 0.1) is 5.92 Å². The van der Waals surface area contributed by atoms with Crippen LogP contribution < -0.4 is 10.0 Å². The molecule has 3 N–H and O–H groups in total. The highest BCUT2D eigenvalue weighted by molar-refractivity contribution is 7.89. The summed E-state index contributed by atoms with van der Waals surface area (Å²) >= 11 is 0. The number of carboxylic acid groups (broad SMARTS) is 1. The molecule has 1 aromatic carbocycles. The number of carboxylic acids is 1. The first-order valence-corrected chi connectivity index (χ1v) is 7.74. The molecule has 1 aromatic rings. The molecule has 21 heavy (non-hydrogen) atoms. The van der Waals surface area contributed by atoms with E-state index in [0.717, 1.165) is 0 Å². The lowest BCUT2D eigenvalue weighted by atomic mass is 10.1. The summed E-state index contributed by atoms with van der Waals surface area (Å²) in [5, 5.41) is 11.4. The zero-order valence-electron chi connectivity index (χ0n) is 12.0. The van der Waals surface area contributed by atoms with Crippen molar-refractivity contribution in [3.05, 3.63) is 29.8 Å². The van der Waals surface area contributed by atoms with Crippen molar-refractivity contribution in [1.82, 2.24) is 10.0 Å². The maximum absolute atomic E-state index is 12.1. The van der Waals surface area contributed by atoms with Crippen molar-refractivity contribution in [2.75, 3.05) is 7.05 Å². The summed E-state index contributed by atoms with van der Waals surface area (Å²) in [6.07, 6.45) is 0. The minimum Gasteiger partial charge on any atom is -0.480 e. The SMILES string of the molecule is CNC(=O)c1ccc(S(=O)(=O)N[C@@H](C(=O)O)C(C)C)cc1. The van der Waals surface area contributed by atoms with Crippen LogP contribution in [-0.2, 0) is 14.8 Å². The molecule has 0 radical (unpaired) electrons. The van der Waals surface area contributed by atoms with Gasteiger partial charge in [0, 0.05) is 12.6 Å². The Kier molecular flexibility index (Phi) is 5.45. The van der Waals surface area contributed by atoms with E-state index in [1.54, 1.807) is 13.8 Å². The smallest absolute Gasteiger partial charge is 0.322 e. The Hall–Kier alpha value is -1.93. The number of benzene rings is 1. The van der Waals surface area contributed by atoms with Gasteiger partial charge >= 0.3 is 5.97 Å². The summed E-state index contributed by atoms with van der Waals surface area (Å²) in [4.78, 5) is 22.3. The molecule has 0 heterocycles. The van der Waals surface area contributed by atoms with Gasteiger partial charge < -0.3 is 10.4 Å². The van der Waals surface area contributed by atoms with Crippen molar-refractivity contribution in [2.45, 2.75) is 24.8 Å². The van der Waals surface area contributed by atoms with E-state index in [2.05, 4.69) is 10.0 Å². The topological polar surface area (TPSA) is 113 Å². The molecular formula is C13H18N2O5S. The van der Waals surface area contributed by atoms with E-state index in [0.29, 0.717) is 5.56 Å². The standard InChI is InChI=1S/C13H18N2O5S/c1-8(2)11(13(17)18)15-21(19,20)10-6-4-9(5-7-10)12(16)14-3/h4-8,11,15H,1-3H3,(H,14,16)(H,17,18)/t11-/m1/s1. The summed E-state index contributed by atoms with van der Waals surface area (Å²) in [7, 11) is -2.49. The first kappa shape index (κ1) is 17.1. The molecule has 0 aromatic heterocycles. The van der Waals surface area contributed by atoms with Crippen molar-refractivity contribution in [3.8, 4) is 0 Å². The molecule has 116 valence electrons. The Morgan fingerprint density at radius 3 is 2.05 bits per heavy atom. The quantitative estimate of drug-likeness (QED) is 0.705. The monoisotopic (exact) mass is 314 g/mol. The van der Waals surface area contributed by atoms with Gasteiger partial charge in [0.2, 0.25) is 10.0 Å². The van der Waals surface area contributed by atoms with Crippen molar-refractivity contribution >= 4 is 21.9 Å². The largest absolute Gasteiger partial charge is 0.480 e. The second-order valence-electron chi connectivity index (χ2n) is 4.78. The van der Waals surface area contributed by atoms with Crippen molar-refractivity contribution in [2.24, 2.45) is 5.92 Å². The van der Waals surface area contributed by atoms with Crippen LogP contribution in [0.15, 0.2) is 29.2 Å². The summed E-state index contributed by atoms with van der Waals surface area (Å²) in [6.45, 7) is 3.21. The van der Waals surface area contributed by atoms with Gasteiger partial charge in [-0.05, 0) is 30.2 Å². The van der Waals surface area contributed by atoms with Crippen LogP contribution in [-0.4, -0.2) is 38.5 Å². The number of carbonyl (C=O) groups excluding carboxylic acids is 1. The highest BCUT2D eigenvalue weighted by atomic mass is 32.2. The van der Waals surface area contributed by atoms with E-state index in [-0.39, 0.29) is 10.8 Å². The first-order valence-electron chi connectivity index (χ1n) is 6.26. The summed E-state index contributed by atoms with van der Waals surface area (Å²) in [6, 6.07) is 4.02. The Bertz CT molecular complexity index is 622. The molecule has 0 fully saturated rings. The molecule has 0 aliphatic carbocycles. The normalized spacial score (nSPS) is 13.0. The summed E-state index contributed by atoms with van der Waals surface area (Å²) in [5.74, 6) is -1.98. The molecule has 7 nitrogen and oxygen atoms in total. The number of hydrogen-bond donors (Lipinski definition) is 3. The Morgan fingerprint density at radius 2 is 1.67 bits per heavy atom. The molecule has 1 rings (SSSR count). The van der Waals surface area contributed by atoms with Gasteiger partial charge in [-0.25, -0.2) is 8.42 Å². The number of sulfonamides is 1. The first-order chi connectivity index (χ1) is 9.69.